The van der Waals surface area contributed by atoms with Crippen molar-refractivity contribution in [1.29, 1.82) is 5.26 Å². The van der Waals surface area contributed by atoms with Crippen LogP contribution in [0, 0.1) is 18.3 Å². The van der Waals surface area contributed by atoms with Crippen LogP contribution in [0.1, 0.15) is 29.2 Å². The number of allylic oxidation sites excluding steroid dienone is 1. The van der Waals surface area contributed by atoms with E-state index >= 15 is 0 Å². The number of nitrogens with zero attached hydrogens (tertiary/aromatic N) is 1. The summed E-state index contributed by atoms with van der Waals surface area (Å²) in [6, 6.07) is 24.0. The molecule has 0 aliphatic heterocycles. The van der Waals surface area contributed by atoms with Gasteiger partial charge in [-0.1, -0.05) is 76.1 Å². The molecule has 0 saturated heterocycles. The standard InChI is InChI=1S/C25H22BrNO2/c1-3-28-24-14-21(13-22(16-27)20-11-9-18(2)10-12-20)23(26)15-25(24)29-17-19-7-5-4-6-8-19/h4-15H,3,17H2,1-2H3/b22-13-. The molecule has 0 bridgehead atoms. The van der Waals surface area contributed by atoms with Crippen molar-refractivity contribution in [3.8, 4) is 17.6 Å². The highest BCUT2D eigenvalue weighted by atomic mass is 79.9. The van der Waals surface area contributed by atoms with Gasteiger partial charge in [0.15, 0.2) is 11.5 Å². The SMILES string of the molecule is CCOc1cc(/C=C(/C#N)c2ccc(C)cc2)c(Br)cc1OCc1ccccc1. The highest BCUT2D eigenvalue weighted by Crippen LogP contribution is 2.36. The molecule has 0 unspecified atom stereocenters. The molecular formula is C25H22BrNO2. The van der Waals surface area contributed by atoms with Gasteiger partial charge in [0.2, 0.25) is 0 Å². The molecule has 0 amide bonds. The summed E-state index contributed by atoms with van der Waals surface area (Å²) in [6.45, 7) is 4.94. The molecule has 146 valence electrons. The van der Waals surface area contributed by atoms with Gasteiger partial charge in [-0.15, -0.1) is 0 Å². The Balaban J connectivity index is 1.92. The minimum Gasteiger partial charge on any atom is -0.490 e. The fraction of sp³-hybridized carbons (Fsp3) is 0.160. The Bertz CT molecular complexity index is 1030. The molecule has 0 fully saturated rings. The Hall–Kier alpha value is -3.03. The van der Waals surface area contributed by atoms with E-state index in [0.29, 0.717) is 30.3 Å². The summed E-state index contributed by atoms with van der Waals surface area (Å²) in [6.07, 6.45) is 1.86. The van der Waals surface area contributed by atoms with E-state index in [4.69, 9.17) is 9.47 Å². The van der Waals surface area contributed by atoms with Crippen molar-refractivity contribution < 1.29 is 9.47 Å². The van der Waals surface area contributed by atoms with E-state index in [9.17, 15) is 5.26 Å². The average Bonchev–Trinajstić information content (AvgIpc) is 2.74. The molecule has 29 heavy (non-hydrogen) atoms. The minimum atomic E-state index is 0.454. The number of benzene rings is 3. The Labute approximate surface area is 180 Å². The first kappa shape index (κ1) is 20.7. The number of rotatable bonds is 7. The number of hydrogen-bond acceptors (Lipinski definition) is 3. The summed E-state index contributed by atoms with van der Waals surface area (Å²) in [5.41, 5.74) is 4.57. The van der Waals surface area contributed by atoms with Gasteiger partial charge in [-0.25, -0.2) is 0 Å². The zero-order valence-electron chi connectivity index (χ0n) is 16.5. The van der Waals surface area contributed by atoms with Crippen molar-refractivity contribution in [2.24, 2.45) is 0 Å². The summed E-state index contributed by atoms with van der Waals surface area (Å²) in [5, 5.41) is 9.65. The maximum Gasteiger partial charge on any atom is 0.162 e. The molecule has 0 saturated carbocycles. The van der Waals surface area contributed by atoms with Gasteiger partial charge >= 0.3 is 0 Å². The van der Waals surface area contributed by atoms with E-state index in [1.807, 2.05) is 86.7 Å². The van der Waals surface area contributed by atoms with Crippen molar-refractivity contribution in [3.05, 3.63) is 93.5 Å². The third kappa shape index (κ3) is 5.49. The van der Waals surface area contributed by atoms with Gasteiger partial charge in [0, 0.05) is 4.47 Å². The number of ether oxygens (including phenoxy) is 2. The summed E-state index contributed by atoms with van der Waals surface area (Å²) >= 11 is 3.61. The van der Waals surface area contributed by atoms with E-state index in [-0.39, 0.29) is 0 Å². The van der Waals surface area contributed by atoms with Gasteiger partial charge in [0.25, 0.3) is 0 Å². The zero-order chi connectivity index (χ0) is 20.6. The van der Waals surface area contributed by atoms with Gasteiger partial charge in [-0.3, -0.25) is 0 Å². The van der Waals surface area contributed by atoms with E-state index in [1.54, 1.807) is 0 Å². The van der Waals surface area contributed by atoms with Crippen molar-refractivity contribution >= 4 is 27.6 Å². The maximum absolute atomic E-state index is 9.65. The third-order valence-electron chi connectivity index (χ3n) is 4.38. The summed E-state index contributed by atoms with van der Waals surface area (Å²) < 4.78 is 12.6. The molecular weight excluding hydrogens is 426 g/mol. The molecule has 3 rings (SSSR count). The minimum absolute atomic E-state index is 0.454. The summed E-state index contributed by atoms with van der Waals surface area (Å²) in [4.78, 5) is 0. The van der Waals surface area contributed by atoms with E-state index in [0.717, 1.165) is 26.7 Å². The lowest BCUT2D eigenvalue weighted by atomic mass is 10.0. The number of halogens is 1. The molecule has 3 aromatic carbocycles. The molecule has 0 radical (unpaired) electrons. The summed E-state index contributed by atoms with van der Waals surface area (Å²) in [5.74, 6) is 1.31. The normalized spacial score (nSPS) is 11.0. The second-order valence-corrected chi connectivity index (χ2v) is 7.42. The molecule has 0 aromatic heterocycles. The maximum atomic E-state index is 9.65. The average molecular weight is 448 g/mol. The number of nitriles is 1. The van der Waals surface area contributed by atoms with Crippen molar-refractivity contribution in [2.45, 2.75) is 20.5 Å². The smallest absolute Gasteiger partial charge is 0.162 e. The number of hydrogen-bond donors (Lipinski definition) is 0. The molecule has 3 aromatic rings. The monoisotopic (exact) mass is 447 g/mol. The van der Waals surface area contributed by atoms with Crippen molar-refractivity contribution in [3.63, 3.8) is 0 Å². The van der Waals surface area contributed by atoms with E-state index in [2.05, 4.69) is 22.0 Å². The zero-order valence-corrected chi connectivity index (χ0v) is 18.1. The van der Waals surface area contributed by atoms with Crippen LogP contribution >= 0.6 is 15.9 Å². The van der Waals surface area contributed by atoms with Crippen LogP contribution in [0.3, 0.4) is 0 Å². The molecule has 0 heterocycles. The Morgan fingerprint density at radius 2 is 1.69 bits per heavy atom. The summed E-state index contributed by atoms with van der Waals surface area (Å²) in [7, 11) is 0. The lowest BCUT2D eigenvalue weighted by molar-refractivity contribution is 0.269. The van der Waals surface area contributed by atoms with Crippen molar-refractivity contribution in [1.82, 2.24) is 0 Å². The molecule has 0 N–H and O–H groups in total. The third-order valence-corrected chi connectivity index (χ3v) is 5.07. The fourth-order valence-electron chi connectivity index (χ4n) is 2.85. The highest BCUT2D eigenvalue weighted by molar-refractivity contribution is 9.10. The van der Waals surface area contributed by atoms with Gasteiger partial charge < -0.3 is 9.47 Å². The first-order valence-corrected chi connectivity index (χ1v) is 10.2. The first-order chi connectivity index (χ1) is 14.1. The molecule has 0 atom stereocenters. The van der Waals surface area contributed by atoms with Crippen LogP contribution in [0.2, 0.25) is 0 Å². The largest absolute Gasteiger partial charge is 0.490 e. The molecule has 0 aliphatic carbocycles. The van der Waals surface area contributed by atoms with Crippen LogP contribution < -0.4 is 9.47 Å². The molecule has 0 aliphatic rings. The van der Waals surface area contributed by atoms with Crippen molar-refractivity contribution in [2.75, 3.05) is 6.61 Å². The second-order valence-electron chi connectivity index (χ2n) is 6.56. The highest BCUT2D eigenvalue weighted by Gasteiger charge is 2.12. The molecule has 3 nitrogen and oxygen atoms in total. The van der Waals surface area contributed by atoms with Gasteiger partial charge in [0.1, 0.15) is 6.61 Å². The van der Waals surface area contributed by atoms with E-state index < -0.39 is 0 Å². The lowest BCUT2D eigenvalue weighted by Gasteiger charge is -2.14. The first-order valence-electron chi connectivity index (χ1n) is 9.42. The van der Waals surface area contributed by atoms with Gasteiger partial charge in [-0.2, -0.15) is 5.26 Å². The van der Waals surface area contributed by atoms with Crippen LogP contribution in [0.4, 0.5) is 0 Å². The van der Waals surface area contributed by atoms with Crippen LogP contribution in [0.25, 0.3) is 11.6 Å². The fourth-order valence-corrected chi connectivity index (χ4v) is 3.28. The Morgan fingerprint density at radius 1 is 1.00 bits per heavy atom. The van der Waals surface area contributed by atoms with E-state index in [1.165, 1.54) is 0 Å². The second kappa shape index (κ2) is 9.95. The Kier molecular flexibility index (Phi) is 7.10. The van der Waals surface area contributed by atoms with Crippen LogP contribution in [0.5, 0.6) is 11.5 Å². The quantitative estimate of drug-likeness (QED) is 0.295. The lowest BCUT2D eigenvalue weighted by Crippen LogP contribution is -2.00. The van der Waals surface area contributed by atoms with Crippen LogP contribution in [-0.4, -0.2) is 6.61 Å². The topological polar surface area (TPSA) is 42.2 Å². The number of aryl methyl sites for hydroxylation is 1. The van der Waals surface area contributed by atoms with Crippen LogP contribution in [0.15, 0.2) is 71.2 Å². The van der Waals surface area contributed by atoms with Gasteiger partial charge in [-0.05, 0) is 48.7 Å². The van der Waals surface area contributed by atoms with Crippen LogP contribution in [-0.2, 0) is 6.61 Å². The Morgan fingerprint density at radius 3 is 2.34 bits per heavy atom. The molecule has 0 spiro atoms. The predicted molar refractivity (Wildman–Crippen MR) is 121 cm³/mol. The predicted octanol–water partition coefficient (Wildman–Crippen LogP) is 6.80. The molecule has 4 heteroatoms. The van der Waals surface area contributed by atoms with Gasteiger partial charge in [0.05, 0.1) is 18.2 Å².